The van der Waals surface area contributed by atoms with Crippen molar-refractivity contribution in [2.24, 2.45) is 11.3 Å². The molecule has 0 aliphatic rings. The molecule has 3 heteroatoms. The highest BCUT2D eigenvalue weighted by Gasteiger charge is 2.18. The van der Waals surface area contributed by atoms with E-state index in [0.29, 0.717) is 18.2 Å². The van der Waals surface area contributed by atoms with Gasteiger partial charge in [-0.1, -0.05) is 34.1 Å². The summed E-state index contributed by atoms with van der Waals surface area (Å²) < 4.78 is 0. The molecule has 2 nitrogen and oxygen atoms in total. The molecule has 15 heavy (non-hydrogen) atoms. The molecular formula is C12H24ClNO. The van der Waals surface area contributed by atoms with Crippen LogP contribution < -0.4 is 5.32 Å². The number of hydrogen-bond donors (Lipinski definition) is 1. The summed E-state index contributed by atoms with van der Waals surface area (Å²) in [6.45, 7) is 9.17. The van der Waals surface area contributed by atoms with Crippen LogP contribution in [0.25, 0.3) is 0 Å². The van der Waals surface area contributed by atoms with Crippen LogP contribution in [0.15, 0.2) is 0 Å². The van der Waals surface area contributed by atoms with Crippen LogP contribution in [0.5, 0.6) is 0 Å². The van der Waals surface area contributed by atoms with Crippen LogP contribution in [0.1, 0.15) is 47.0 Å². The molecule has 0 aliphatic carbocycles. The van der Waals surface area contributed by atoms with Gasteiger partial charge in [0.15, 0.2) is 0 Å². The average molecular weight is 234 g/mol. The van der Waals surface area contributed by atoms with Gasteiger partial charge in [-0.15, -0.1) is 11.6 Å². The fourth-order valence-corrected chi connectivity index (χ4v) is 1.73. The van der Waals surface area contributed by atoms with E-state index in [-0.39, 0.29) is 11.3 Å². The van der Waals surface area contributed by atoms with Crippen molar-refractivity contribution in [3.8, 4) is 0 Å². The Labute approximate surface area is 98.8 Å². The number of alkyl halides is 1. The highest BCUT2D eigenvalue weighted by molar-refractivity contribution is 6.17. The molecule has 0 heterocycles. The summed E-state index contributed by atoms with van der Waals surface area (Å²) in [4.78, 5) is 11.5. The summed E-state index contributed by atoms with van der Waals surface area (Å²) in [6.07, 6.45) is 2.62. The third-order valence-corrected chi connectivity index (χ3v) is 2.96. The quantitative estimate of drug-likeness (QED) is 0.673. The summed E-state index contributed by atoms with van der Waals surface area (Å²) in [6, 6.07) is 0. The first kappa shape index (κ1) is 14.8. The van der Waals surface area contributed by atoms with Gasteiger partial charge >= 0.3 is 0 Å². The fourth-order valence-electron chi connectivity index (χ4n) is 1.22. The number of rotatable bonds is 7. The Morgan fingerprint density at radius 1 is 1.47 bits per heavy atom. The van der Waals surface area contributed by atoms with E-state index in [2.05, 4.69) is 33.0 Å². The van der Waals surface area contributed by atoms with E-state index in [1.165, 1.54) is 0 Å². The second-order valence-electron chi connectivity index (χ2n) is 5.10. The summed E-state index contributed by atoms with van der Waals surface area (Å²) in [7, 11) is 0. The van der Waals surface area contributed by atoms with E-state index in [1.807, 2.05) is 0 Å². The molecule has 0 saturated carbocycles. The van der Waals surface area contributed by atoms with Crippen molar-refractivity contribution < 1.29 is 4.79 Å². The van der Waals surface area contributed by atoms with Crippen molar-refractivity contribution in [2.75, 3.05) is 12.4 Å². The van der Waals surface area contributed by atoms with Crippen molar-refractivity contribution in [1.29, 1.82) is 0 Å². The van der Waals surface area contributed by atoms with Crippen LogP contribution in [-0.2, 0) is 4.79 Å². The van der Waals surface area contributed by atoms with Crippen LogP contribution in [-0.4, -0.2) is 18.3 Å². The van der Waals surface area contributed by atoms with Gasteiger partial charge in [0, 0.05) is 18.8 Å². The van der Waals surface area contributed by atoms with Gasteiger partial charge in [-0.3, -0.25) is 4.79 Å². The van der Waals surface area contributed by atoms with Crippen molar-refractivity contribution >= 4 is 17.5 Å². The standard InChI is InChI=1S/C12H24ClNO/c1-5-10(2)8-11(15)14-9-12(3,4)6-7-13/h10H,5-9H2,1-4H3,(H,14,15). The third-order valence-electron chi connectivity index (χ3n) is 2.77. The molecule has 90 valence electrons. The Morgan fingerprint density at radius 3 is 2.53 bits per heavy atom. The molecule has 0 spiro atoms. The molecule has 1 amide bonds. The predicted octanol–water partition coefficient (Wildman–Crippen LogP) is 3.19. The monoisotopic (exact) mass is 233 g/mol. The maximum atomic E-state index is 11.5. The second kappa shape index (κ2) is 7.10. The van der Waals surface area contributed by atoms with E-state index in [1.54, 1.807) is 0 Å². The number of hydrogen-bond acceptors (Lipinski definition) is 1. The number of carbonyl (C=O) groups excluding carboxylic acids is 1. The second-order valence-corrected chi connectivity index (χ2v) is 5.48. The lowest BCUT2D eigenvalue weighted by atomic mass is 9.90. The summed E-state index contributed by atoms with van der Waals surface area (Å²) in [5.74, 6) is 1.28. The molecule has 0 saturated heterocycles. The van der Waals surface area contributed by atoms with Crippen molar-refractivity contribution in [3.05, 3.63) is 0 Å². The van der Waals surface area contributed by atoms with Gasteiger partial charge in [0.1, 0.15) is 0 Å². The Balaban J connectivity index is 3.79. The molecule has 0 fully saturated rings. The zero-order valence-corrected chi connectivity index (χ0v) is 11.2. The molecule has 0 radical (unpaired) electrons. The number of halogens is 1. The van der Waals surface area contributed by atoms with Crippen LogP contribution in [0.3, 0.4) is 0 Å². The normalized spacial score (nSPS) is 13.7. The lowest BCUT2D eigenvalue weighted by Crippen LogP contribution is -2.34. The van der Waals surface area contributed by atoms with Gasteiger partial charge in [-0.25, -0.2) is 0 Å². The summed E-state index contributed by atoms with van der Waals surface area (Å²) >= 11 is 5.70. The maximum absolute atomic E-state index is 11.5. The minimum atomic E-state index is 0.104. The first-order valence-corrected chi connectivity index (χ1v) is 6.27. The van der Waals surface area contributed by atoms with Crippen molar-refractivity contribution in [3.63, 3.8) is 0 Å². The van der Waals surface area contributed by atoms with E-state index >= 15 is 0 Å². The van der Waals surface area contributed by atoms with Gasteiger partial charge in [0.25, 0.3) is 0 Å². The number of amides is 1. The van der Waals surface area contributed by atoms with Gasteiger partial charge < -0.3 is 5.32 Å². The molecule has 0 aliphatic heterocycles. The first-order chi connectivity index (χ1) is 6.91. The summed E-state index contributed by atoms with van der Waals surface area (Å²) in [5, 5.41) is 2.98. The SMILES string of the molecule is CCC(C)CC(=O)NCC(C)(C)CCCl. The van der Waals surface area contributed by atoms with Crippen LogP contribution in [0.2, 0.25) is 0 Å². The molecule has 1 N–H and O–H groups in total. The molecule has 0 aromatic carbocycles. The summed E-state index contributed by atoms with van der Waals surface area (Å²) in [5.41, 5.74) is 0.104. The highest BCUT2D eigenvalue weighted by Crippen LogP contribution is 2.19. The third kappa shape index (κ3) is 7.66. The number of carbonyl (C=O) groups is 1. The van der Waals surface area contributed by atoms with Gasteiger partial charge in [0.05, 0.1) is 0 Å². The zero-order valence-electron chi connectivity index (χ0n) is 10.4. The molecule has 0 bridgehead atoms. The lowest BCUT2D eigenvalue weighted by Gasteiger charge is -2.24. The van der Waals surface area contributed by atoms with Gasteiger partial charge in [0.2, 0.25) is 5.91 Å². The van der Waals surface area contributed by atoms with E-state index in [0.717, 1.165) is 19.4 Å². The van der Waals surface area contributed by atoms with E-state index in [4.69, 9.17) is 11.6 Å². The molecule has 0 aromatic heterocycles. The number of nitrogens with one attached hydrogen (secondary N) is 1. The molecular weight excluding hydrogens is 210 g/mol. The predicted molar refractivity (Wildman–Crippen MR) is 66.2 cm³/mol. The minimum Gasteiger partial charge on any atom is -0.356 e. The van der Waals surface area contributed by atoms with Gasteiger partial charge in [-0.05, 0) is 17.8 Å². The smallest absolute Gasteiger partial charge is 0.220 e. The molecule has 1 unspecified atom stereocenters. The first-order valence-electron chi connectivity index (χ1n) is 5.74. The zero-order chi connectivity index (χ0) is 11.9. The van der Waals surface area contributed by atoms with Crippen LogP contribution in [0.4, 0.5) is 0 Å². The Kier molecular flexibility index (Phi) is 6.99. The van der Waals surface area contributed by atoms with E-state index < -0.39 is 0 Å². The highest BCUT2D eigenvalue weighted by atomic mass is 35.5. The maximum Gasteiger partial charge on any atom is 0.220 e. The van der Waals surface area contributed by atoms with Crippen molar-refractivity contribution in [1.82, 2.24) is 5.32 Å². The molecule has 1 atom stereocenters. The van der Waals surface area contributed by atoms with Crippen molar-refractivity contribution in [2.45, 2.75) is 47.0 Å². The van der Waals surface area contributed by atoms with Gasteiger partial charge in [-0.2, -0.15) is 0 Å². The minimum absolute atomic E-state index is 0.104. The fraction of sp³-hybridized carbons (Fsp3) is 0.917. The largest absolute Gasteiger partial charge is 0.356 e. The Morgan fingerprint density at radius 2 is 2.07 bits per heavy atom. The lowest BCUT2D eigenvalue weighted by molar-refractivity contribution is -0.122. The Hall–Kier alpha value is -0.240. The molecule has 0 aromatic rings. The Bertz CT molecular complexity index is 192. The van der Waals surface area contributed by atoms with E-state index in [9.17, 15) is 4.79 Å². The van der Waals surface area contributed by atoms with Crippen LogP contribution >= 0.6 is 11.6 Å². The average Bonchev–Trinajstić information content (AvgIpc) is 2.15. The topological polar surface area (TPSA) is 29.1 Å². The molecule has 0 rings (SSSR count). The van der Waals surface area contributed by atoms with Crippen LogP contribution in [0, 0.1) is 11.3 Å².